The lowest BCUT2D eigenvalue weighted by molar-refractivity contribution is -1.19. The van der Waals surface area contributed by atoms with Crippen LogP contribution in [0.3, 0.4) is 0 Å². The molecule has 3 N–H and O–H groups in total. The third-order valence-electron chi connectivity index (χ3n) is 2.72. The fraction of sp³-hybridized carbons (Fsp3) is 0.667. The summed E-state index contributed by atoms with van der Waals surface area (Å²) in [6.45, 7) is 4.03. The van der Waals surface area contributed by atoms with E-state index in [-0.39, 0.29) is 5.82 Å². The van der Waals surface area contributed by atoms with Crippen molar-refractivity contribution in [2.75, 3.05) is 26.8 Å². The van der Waals surface area contributed by atoms with Crippen LogP contribution in [0.25, 0.3) is 0 Å². The summed E-state index contributed by atoms with van der Waals surface area (Å²) in [7, 11) is 1.69. The Kier molecular flexibility index (Phi) is 3.52. The van der Waals surface area contributed by atoms with E-state index in [0.717, 1.165) is 31.9 Å². The smallest absolute Gasteiger partial charge is 0.311 e. The number of hydrogen-bond acceptors (Lipinski definition) is 5. The molecule has 0 aromatic carbocycles. The maximum absolute atomic E-state index is 8.94. The highest BCUT2D eigenvalue weighted by Gasteiger charge is 2.21. The highest BCUT2D eigenvalue weighted by Crippen LogP contribution is 2.13. The number of aromatic nitrogens is 2. The van der Waals surface area contributed by atoms with Gasteiger partial charge in [0.05, 0.1) is 24.9 Å². The van der Waals surface area contributed by atoms with Crippen molar-refractivity contribution in [1.82, 2.24) is 14.7 Å². The number of quaternary nitrogens is 1. The Morgan fingerprint density at radius 3 is 3.00 bits per heavy atom. The molecule has 2 rings (SSSR count). The molecular weight excluding hydrogens is 212 g/mol. The quantitative estimate of drug-likeness (QED) is 0.556. The Morgan fingerprint density at radius 1 is 1.50 bits per heavy atom. The average molecular weight is 229 g/mol. The minimum Gasteiger partial charge on any atom is -0.383 e. The van der Waals surface area contributed by atoms with Crippen LogP contribution in [0.2, 0.25) is 0 Å². The monoisotopic (exact) mass is 229 g/mol. The third kappa shape index (κ3) is 2.39. The van der Waals surface area contributed by atoms with Crippen molar-refractivity contribution >= 4 is 5.82 Å². The number of methoxy groups -OCH3 is 1. The molecular formula is C9H17N4O3+. The van der Waals surface area contributed by atoms with Gasteiger partial charge in [-0.1, -0.05) is 0 Å². The first-order valence-corrected chi connectivity index (χ1v) is 5.24. The number of rotatable bonds is 4. The second-order valence-corrected chi connectivity index (χ2v) is 3.84. The molecule has 7 nitrogen and oxygen atoms in total. The zero-order chi connectivity index (χ0) is 11.5. The van der Waals surface area contributed by atoms with Crippen molar-refractivity contribution in [2.45, 2.75) is 13.1 Å². The Labute approximate surface area is 93.4 Å². The summed E-state index contributed by atoms with van der Waals surface area (Å²) in [6, 6.07) is 1.70. The lowest BCUT2D eigenvalue weighted by Crippen LogP contribution is -3.02. The van der Waals surface area contributed by atoms with Crippen molar-refractivity contribution in [3.05, 3.63) is 11.8 Å². The van der Waals surface area contributed by atoms with Crippen LogP contribution in [-0.2, 0) is 17.8 Å². The number of nitrogens with one attached hydrogen (secondary N) is 1. The Balaban J connectivity index is 2.02. The normalized spacial score (nSPS) is 16.8. The number of fused-ring (bicyclic) bond motifs is 1. The predicted octanol–water partition coefficient (Wildman–Crippen LogP) is -1.36. The SMILES string of the molecule is COCCN1CCn2nc([NH+](O)O)cc2C1. The standard InChI is InChI=1S/C9H16N4O3/c1-16-5-4-11-2-3-12-8(7-11)6-9(10-12)13(14)15/h6,14-15H,2-5,7H2,1H3/p+1. The topological polar surface area (TPSA) is 75.2 Å². The van der Waals surface area contributed by atoms with Gasteiger partial charge in [0.1, 0.15) is 0 Å². The molecule has 1 aromatic heterocycles. The molecule has 0 saturated carbocycles. The molecule has 90 valence electrons. The molecule has 0 radical (unpaired) electrons. The molecule has 2 heterocycles. The van der Waals surface area contributed by atoms with Gasteiger partial charge in [-0.25, -0.2) is 0 Å². The summed E-state index contributed by atoms with van der Waals surface area (Å²) in [5.41, 5.74) is 0.998. The number of hydrogen-bond donors (Lipinski definition) is 3. The van der Waals surface area contributed by atoms with Crippen LogP contribution in [0, 0.1) is 0 Å². The van der Waals surface area contributed by atoms with Crippen molar-refractivity contribution in [2.24, 2.45) is 0 Å². The molecule has 0 spiro atoms. The molecule has 0 unspecified atom stereocenters. The lowest BCUT2D eigenvalue weighted by Gasteiger charge is -2.26. The summed E-state index contributed by atoms with van der Waals surface area (Å²) in [4.78, 5) is 2.25. The molecule has 0 amide bonds. The first-order valence-electron chi connectivity index (χ1n) is 5.24. The van der Waals surface area contributed by atoms with Gasteiger partial charge in [-0.15, -0.1) is 5.10 Å². The van der Waals surface area contributed by atoms with Crippen LogP contribution in [0.15, 0.2) is 6.07 Å². The minimum atomic E-state index is -0.717. The van der Waals surface area contributed by atoms with Crippen molar-refractivity contribution < 1.29 is 20.4 Å². The van der Waals surface area contributed by atoms with Gasteiger partial charge >= 0.3 is 5.82 Å². The highest BCUT2D eigenvalue weighted by molar-refractivity contribution is 5.21. The van der Waals surface area contributed by atoms with E-state index < -0.39 is 5.23 Å². The van der Waals surface area contributed by atoms with E-state index in [0.29, 0.717) is 6.61 Å². The largest absolute Gasteiger partial charge is 0.383 e. The Hall–Kier alpha value is -0.990. The van der Waals surface area contributed by atoms with E-state index in [1.165, 1.54) is 0 Å². The third-order valence-corrected chi connectivity index (χ3v) is 2.72. The molecule has 0 fully saturated rings. The summed E-state index contributed by atoms with van der Waals surface area (Å²) < 4.78 is 6.84. The fourth-order valence-electron chi connectivity index (χ4n) is 1.84. The van der Waals surface area contributed by atoms with Crippen LogP contribution >= 0.6 is 0 Å². The maximum atomic E-state index is 8.94. The molecule has 0 aliphatic carbocycles. The van der Waals surface area contributed by atoms with Crippen molar-refractivity contribution in [3.8, 4) is 0 Å². The minimum absolute atomic E-state index is 0.239. The van der Waals surface area contributed by atoms with E-state index in [1.54, 1.807) is 13.2 Å². The maximum Gasteiger partial charge on any atom is 0.311 e. The first-order chi connectivity index (χ1) is 7.70. The first kappa shape index (κ1) is 11.5. The van der Waals surface area contributed by atoms with Crippen LogP contribution in [0.1, 0.15) is 5.69 Å². The van der Waals surface area contributed by atoms with E-state index in [1.807, 2.05) is 4.68 Å². The van der Waals surface area contributed by atoms with Crippen LogP contribution in [0.4, 0.5) is 5.82 Å². The predicted molar refractivity (Wildman–Crippen MR) is 53.6 cm³/mol. The van der Waals surface area contributed by atoms with Gasteiger partial charge in [0.2, 0.25) is 0 Å². The second-order valence-electron chi connectivity index (χ2n) is 3.84. The van der Waals surface area contributed by atoms with E-state index in [4.69, 9.17) is 15.2 Å². The van der Waals surface area contributed by atoms with E-state index in [9.17, 15) is 0 Å². The molecule has 0 saturated heterocycles. The molecule has 16 heavy (non-hydrogen) atoms. The van der Waals surface area contributed by atoms with Gasteiger partial charge in [-0.05, 0) is 5.23 Å². The summed E-state index contributed by atoms with van der Waals surface area (Å²) in [5, 5.41) is 21.3. The number of nitrogens with zero attached hydrogens (tertiary/aromatic N) is 3. The van der Waals surface area contributed by atoms with Gasteiger partial charge in [-0.2, -0.15) is 10.4 Å². The van der Waals surface area contributed by atoms with E-state index in [2.05, 4.69) is 10.00 Å². The molecule has 1 aliphatic rings. The molecule has 0 atom stereocenters. The lowest BCUT2D eigenvalue weighted by atomic mass is 10.3. The highest BCUT2D eigenvalue weighted by atomic mass is 16.8. The average Bonchev–Trinajstić information content (AvgIpc) is 2.69. The zero-order valence-corrected chi connectivity index (χ0v) is 9.26. The fourth-order valence-corrected chi connectivity index (χ4v) is 1.84. The molecule has 1 aliphatic heterocycles. The van der Waals surface area contributed by atoms with Gasteiger partial charge in [-0.3, -0.25) is 9.58 Å². The van der Waals surface area contributed by atoms with Gasteiger partial charge < -0.3 is 4.74 Å². The summed E-state index contributed by atoms with van der Waals surface area (Å²) >= 11 is 0. The molecule has 7 heteroatoms. The Bertz CT molecular complexity index is 353. The van der Waals surface area contributed by atoms with E-state index >= 15 is 0 Å². The second kappa shape index (κ2) is 4.89. The van der Waals surface area contributed by atoms with Crippen LogP contribution in [-0.4, -0.2) is 51.9 Å². The van der Waals surface area contributed by atoms with Gasteiger partial charge in [0.15, 0.2) is 0 Å². The molecule has 1 aromatic rings. The Morgan fingerprint density at radius 2 is 2.31 bits per heavy atom. The van der Waals surface area contributed by atoms with Gasteiger partial charge in [0.25, 0.3) is 0 Å². The van der Waals surface area contributed by atoms with Crippen molar-refractivity contribution in [3.63, 3.8) is 0 Å². The summed E-state index contributed by atoms with van der Waals surface area (Å²) in [6.07, 6.45) is 0. The number of ether oxygens (including phenoxy) is 1. The van der Waals surface area contributed by atoms with Gasteiger partial charge in [0, 0.05) is 26.7 Å². The summed E-state index contributed by atoms with van der Waals surface area (Å²) in [5.74, 6) is 0.239. The van der Waals surface area contributed by atoms with Crippen LogP contribution in [0.5, 0.6) is 0 Å². The van der Waals surface area contributed by atoms with Crippen molar-refractivity contribution in [1.29, 1.82) is 0 Å². The zero-order valence-electron chi connectivity index (χ0n) is 9.26. The van der Waals surface area contributed by atoms with Crippen LogP contribution < -0.4 is 5.23 Å². The molecule has 0 bridgehead atoms.